The van der Waals surface area contributed by atoms with Gasteiger partial charge in [-0.25, -0.2) is 13.1 Å². The van der Waals surface area contributed by atoms with E-state index in [4.69, 9.17) is 4.74 Å². The molecule has 10 heteroatoms. The number of alkyl halides is 3. The van der Waals surface area contributed by atoms with Gasteiger partial charge in [0, 0.05) is 29.9 Å². The maximum atomic E-state index is 12.9. The van der Waals surface area contributed by atoms with Gasteiger partial charge in [-0.3, -0.25) is 4.68 Å². The van der Waals surface area contributed by atoms with Crippen molar-refractivity contribution in [2.45, 2.75) is 43.3 Å². The molecular formula is C23H22F3N3O3S. The number of nitrogens with zero attached hydrogens (tertiary/aromatic N) is 2. The Kier molecular flexibility index (Phi) is 5.44. The number of benzene rings is 2. The molecular weight excluding hydrogens is 455 g/mol. The molecule has 2 aliphatic rings. The van der Waals surface area contributed by atoms with E-state index >= 15 is 0 Å². The molecule has 0 radical (unpaired) electrons. The van der Waals surface area contributed by atoms with Crippen molar-refractivity contribution in [3.05, 3.63) is 59.9 Å². The van der Waals surface area contributed by atoms with Gasteiger partial charge < -0.3 is 4.74 Å². The Morgan fingerprint density at radius 2 is 1.85 bits per heavy atom. The fourth-order valence-corrected chi connectivity index (χ4v) is 5.08. The van der Waals surface area contributed by atoms with Crippen molar-refractivity contribution < 1.29 is 26.3 Å². The van der Waals surface area contributed by atoms with E-state index in [0.717, 1.165) is 55.6 Å². The van der Waals surface area contributed by atoms with Crippen LogP contribution in [0.1, 0.15) is 30.5 Å². The third-order valence-electron chi connectivity index (χ3n) is 5.95. The van der Waals surface area contributed by atoms with E-state index in [-0.39, 0.29) is 10.6 Å². The van der Waals surface area contributed by atoms with Gasteiger partial charge >= 0.3 is 6.18 Å². The Morgan fingerprint density at radius 3 is 2.55 bits per heavy atom. The number of aromatic nitrogens is 2. The average Bonchev–Trinajstić information content (AvgIpc) is 3.35. The molecule has 0 amide bonds. The van der Waals surface area contributed by atoms with Gasteiger partial charge in [-0.15, -0.1) is 0 Å². The molecule has 0 bridgehead atoms. The van der Waals surface area contributed by atoms with Crippen LogP contribution in [0.2, 0.25) is 0 Å². The van der Waals surface area contributed by atoms with Gasteiger partial charge in [0.05, 0.1) is 16.7 Å². The maximum Gasteiger partial charge on any atom is 0.416 e. The van der Waals surface area contributed by atoms with E-state index in [1.807, 2.05) is 4.68 Å². The summed E-state index contributed by atoms with van der Waals surface area (Å²) in [5, 5.41) is 4.39. The standard InChI is InChI=1S/C23H22F3N3O3S/c24-23(25,26)16-5-7-17(8-6-16)32-22-10-9-18(33(30,31)28-13-15-3-4-15)12-19(22)20-14-27-29-11-1-2-21(20)29/h5-10,12,14-15,28H,1-4,11,13H2. The monoisotopic (exact) mass is 477 g/mol. The van der Waals surface area contributed by atoms with Crippen LogP contribution in [0.3, 0.4) is 0 Å². The molecule has 1 fully saturated rings. The van der Waals surface area contributed by atoms with Crippen molar-refractivity contribution in [1.82, 2.24) is 14.5 Å². The Morgan fingerprint density at radius 1 is 1.09 bits per heavy atom. The summed E-state index contributed by atoms with van der Waals surface area (Å²) in [6.45, 7) is 1.19. The normalized spacial score (nSPS) is 16.1. The van der Waals surface area contributed by atoms with Crippen molar-refractivity contribution in [3.8, 4) is 22.6 Å². The van der Waals surface area contributed by atoms with E-state index in [2.05, 4.69) is 9.82 Å². The largest absolute Gasteiger partial charge is 0.457 e. The molecule has 1 N–H and O–H groups in total. The van der Waals surface area contributed by atoms with Crippen LogP contribution in [0, 0.1) is 5.92 Å². The highest BCUT2D eigenvalue weighted by molar-refractivity contribution is 7.89. The van der Waals surface area contributed by atoms with Gasteiger partial charge in [0.15, 0.2) is 0 Å². The number of rotatable bonds is 7. The summed E-state index contributed by atoms with van der Waals surface area (Å²) in [5.74, 6) is 0.953. The minimum Gasteiger partial charge on any atom is -0.457 e. The maximum absolute atomic E-state index is 12.9. The highest BCUT2D eigenvalue weighted by Gasteiger charge is 2.30. The van der Waals surface area contributed by atoms with Crippen LogP contribution in [0.4, 0.5) is 13.2 Å². The second-order valence-electron chi connectivity index (χ2n) is 8.41. The van der Waals surface area contributed by atoms with Gasteiger partial charge in [0.25, 0.3) is 0 Å². The first-order chi connectivity index (χ1) is 15.7. The summed E-state index contributed by atoms with van der Waals surface area (Å²) in [7, 11) is -3.71. The molecule has 1 aliphatic carbocycles. The second-order valence-corrected chi connectivity index (χ2v) is 10.2. The van der Waals surface area contributed by atoms with Crippen LogP contribution in [0.25, 0.3) is 11.1 Å². The summed E-state index contributed by atoms with van der Waals surface area (Å²) in [6, 6.07) is 8.93. The number of fused-ring (bicyclic) bond motifs is 1. The molecule has 2 aromatic carbocycles. The number of hydrogen-bond acceptors (Lipinski definition) is 4. The first-order valence-corrected chi connectivity index (χ1v) is 12.2. The molecule has 33 heavy (non-hydrogen) atoms. The number of aryl methyl sites for hydroxylation is 1. The lowest BCUT2D eigenvalue weighted by Gasteiger charge is -2.14. The minimum atomic E-state index is -4.44. The van der Waals surface area contributed by atoms with Crippen LogP contribution in [0.15, 0.2) is 53.6 Å². The van der Waals surface area contributed by atoms with Gasteiger partial charge in [0.1, 0.15) is 11.5 Å². The average molecular weight is 478 g/mol. The third-order valence-corrected chi connectivity index (χ3v) is 7.37. The Balaban J connectivity index is 1.51. The van der Waals surface area contributed by atoms with Crippen LogP contribution < -0.4 is 9.46 Å². The molecule has 174 valence electrons. The zero-order valence-corrected chi connectivity index (χ0v) is 18.4. The molecule has 0 spiro atoms. The zero-order valence-electron chi connectivity index (χ0n) is 17.6. The Labute approximate surface area is 189 Å². The first kappa shape index (κ1) is 22.0. The number of ether oxygens (including phenoxy) is 1. The second kappa shape index (κ2) is 8.18. The highest BCUT2D eigenvalue weighted by Crippen LogP contribution is 2.39. The van der Waals surface area contributed by atoms with Crippen LogP contribution in [0.5, 0.6) is 11.5 Å². The van der Waals surface area contributed by atoms with Gasteiger partial charge in [-0.05, 0) is 74.1 Å². The van der Waals surface area contributed by atoms with E-state index < -0.39 is 21.8 Å². The van der Waals surface area contributed by atoms with Crippen molar-refractivity contribution in [1.29, 1.82) is 0 Å². The van der Waals surface area contributed by atoms with Crippen molar-refractivity contribution in [2.24, 2.45) is 5.92 Å². The predicted molar refractivity (Wildman–Crippen MR) is 115 cm³/mol. The molecule has 3 aromatic rings. The van der Waals surface area contributed by atoms with Crippen molar-refractivity contribution >= 4 is 10.0 Å². The fourth-order valence-electron chi connectivity index (χ4n) is 3.94. The molecule has 1 aromatic heterocycles. The quantitative estimate of drug-likeness (QED) is 0.520. The molecule has 0 unspecified atom stereocenters. The minimum absolute atomic E-state index is 0.107. The van der Waals surface area contributed by atoms with E-state index in [9.17, 15) is 21.6 Å². The van der Waals surface area contributed by atoms with Crippen LogP contribution in [-0.4, -0.2) is 24.7 Å². The number of sulfonamides is 1. The lowest BCUT2D eigenvalue weighted by atomic mass is 10.0. The zero-order chi connectivity index (χ0) is 23.2. The molecule has 1 aliphatic heterocycles. The van der Waals surface area contributed by atoms with Crippen LogP contribution in [-0.2, 0) is 29.2 Å². The first-order valence-electron chi connectivity index (χ1n) is 10.7. The Hall–Kier alpha value is -2.85. The summed E-state index contributed by atoms with van der Waals surface area (Å²) in [4.78, 5) is 0.107. The van der Waals surface area contributed by atoms with Gasteiger partial charge in [-0.1, -0.05) is 0 Å². The molecule has 2 heterocycles. The molecule has 0 atom stereocenters. The van der Waals surface area contributed by atoms with Crippen LogP contribution >= 0.6 is 0 Å². The lowest BCUT2D eigenvalue weighted by Crippen LogP contribution is -2.25. The van der Waals surface area contributed by atoms with Gasteiger partial charge in [0.2, 0.25) is 10.0 Å². The highest BCUT2D eigenvalue weighted by atomic mass is 32.2. The summed E-state index contributed by atoms with van der Waals surface area (Å²) < 4.78 is 74.8. The summed E-state index contributed by atoms with van der Waals surface area (Å²) >= 11 is 0. The topological polar surface area (TPSA) is 73.2 Å². The number of hydrogen-bond donors (Lipinski definition) is 1. The molecule has 0 saturated heterocycles. The number of halogens is 3. The molecule has 5 rings (SSSR count). The van der Waals surface area contributed by atoms with Crippen molar-refractivity contribution in [2.75, 3.05) is 6.54 Å². The van der Waals surface area contributed by atoms with Gasteiger partial charge in [-0.2, -0.15) is 18.3 Å². The summed E-state index contributed by atoms with van der Waals surface area (Å²) in [6.07, 6.45) is 1.02. The Bertz CT molecular complexity index is 1280. The van der Waals surface area contributed by atoms with E-state index in [1.54, 1.807) is 12.3 Å². The van der Waals surface area contributed by atoms with E-state index in [0.29, 0.717) is 23.8 Å². The fraction of sp³-hybridized carbons (Fsp3) is 0.348. The third kappa shape index (κ3) is 4.63. The lowest BCUT2D eigenvalue weighted by molar-refractivity contribution is -0.137. The molecule has 1 saturated carbocycles. The smallest absolute Gasteiger partial charge is 0.416 e. The summed E-state index contributed by atoms with van der Waals surface area (Å²) in [5.41, 5.74) is 1.50. The van der Waals surface area contributed by atoms with Crippen molar-refractivity contribution in [3.63, 3.8) is 0 Å². The predicted octanol–water partition coefficient (Wildman–Crippen LogP) is 5.00. The molecule has 6 nitrogen and oxygen atoms in total. The van der Waals surface area contributed by atoms with E-state index in [1.165, 1.54) is 24.3 Å². The SMILES string of the molecule is O=S(=O)(NCC1CC1)c1ccc(Oc2ccc(C(F)(F)F)cc2)c(-c2cnn3c2CCC3)c1. The number of nitrogens with one attached hydrogen (secondary N) is 1.